The van der Waals surface area contributed by atoms with Crippen LogP contribution in [0, 0.1) is 0 Å². The molecule has 0 aliphatic rings. The van der Waals surface area contributed by atoms with Gasteiger partial charge in [-0.2, -0.15) is 0 Å². The molecule has 0 aliphatic carbocycles. The van der Waals surface area contributed by atoms with Gasteiger partial charge in [0.1, 0.15) is 16.7 Å². The van der Waals surface area contributed by atoms with Gasteiger partial charge >= 0.3 is 0 Å². The van der Waals surface area contributed by atoms with E-state index in [1.165, 1.54) is 0 Å². The first-order valence-corrected chi connectivity index (χ1v) is 16.9. The predicted octanol–water partition coefficient (Wildman–Crippen LogP) is 11.8. The number of nitrogens with zero attached hydrogens (tertiary/aromatic N) is 4. The molecule has 0 amide bonds. The lowest BCUT2D eigenvalue weighted by Gasteiger charge is -2.12. The summed E-state index contributed by atoms with van der Waals surface area (Å²) in [4.78, 5) is 15.1. The number of fused-ring (bicyclic) bond motifs is 9. The highest BCUT2D eigenvalue weighted by Gasteiger charge is 2.23. The highest BCUT2D eigenvalue weighted by Crippen LogP contribution is 2.43. The highest BCUT2D eigenvalue weighted by atomic mass is 16.3. The molecule has 0 atom stereocenters. The van der Waals surface area contributed by atoms with Gasteiger partial charge in [0, 0.05) is 55.1 Å². The van der Waals surface area contributed by atoms with Gasteiger partial charge in [0.05, 0.1) is 16.7 Å². The van der Waals surface area contributed by atoms with E-state index in [9.17, 15) is 0 Å². The van der Waals surface area contributed by atoms with Gasteiger partial charge in [-0.3, -0.25) is 0 Å². The lowest BCUT2D eigenvalue weighted by Crippen LogP contribution is -2.01. The first-order valence-electron chi connectivity index (χ1n) is 16.9. The molecule has 6 heteroatoms. The van der Waals surface area contributed by atoms with Crippen LogP contribution in [-0.4, -0.2) is 19.5 Å². The lowest BCUT2D eigenvalue weighted by molar-refractivity contribution is 0.665. The number of hydrogen-bond acceptors (Lipinski definition) is 5. The van der Waals surface area contributed by atoms with Crippen LogP contribution in [-0.2, 0) is 0 Å². The largest absolute Gasteiger partial charge is 0.456 e. The Hall–Kier alpha value is -7.05. The zero-order chi connectivity index (χ0) is 33.5. The zero-order valence-electron chi connectivity index (χ0n) is 27.1. The molecule has 6 nitrogen and oxygen atoms in total. The van der Waals surface area contributed by atoms with Crippen molar-refractivity contribution in [1.82, 2.24) is 19.5 Å². The van der Waals surface area contributed by atoms with Crippen LogP contribution in [0.2, 0.25) is 0 Å². The maximum absolute atomic E-state index is 6.82. The molecule has 0 spiro atoms. The van der Waals surface area contributed by atoms with Crippen molar-refractivity contribution in [3.8, 4) is 39.9 Å². The Labute approximate surface area is 290 Å². The van der Waals surface area contributed by atoms with Gasteiger partial charge in [-0.25, -0.2) is 15.0 Å². The van der Waals surface area contributed by atoms with Crippen molar-refractivity contribution in [2.45, 2.75) is 0 Å². The van der Waals surface area contributed by atoms with Crippen LogP contribution in [0.4, 0.5) is 0 Å². The third kappa shape index (κ3) is 4.20. The Morgan fingerprint density at radius 3 is 1.71 bits per heavy atom. The van der Waals surface area contributed by atoms with Crippen LogP contribution >= 0.6 is 0 Å². The van der Waals surface area contributed by atoms with Gasteiger partial charge in [0.2, 0.25) is 0 Å². The molecule has 0 N–H and O–H groups in total. The monoisotopic (exact) mass is 654 g/mol. The molecule has 0 fully saturated rings. The fourth-order valence-corrected chi connectivity index (χ4v) is 7.55. The van der Waals surface area contributed by atoms with Crippen molar-refractivity contribution in [3.05, 3.63) is 158 Å². The Bertz CT molecular complexity index is 3080. The van der Waals surface area contributed by atoms with Crippen LogP contribution < -0.4 is 0 Å². The summed E-state index contributed by atoms with van der Waals surface area (Å²) < 4.78 is 15.5. The number of hydrogen-bond donors (Lipinski definition) is 0. The second-order valence-corrected chi connectivity index (χ2v) is 12.8. The second kappa shape index (κ2) is 10.7. The fourth-order valence-electron chi connectivity index (χ4n) is 7.55. The standard InChI is InChI=1S/C45H26N4O2/c1-3-13-27(14-4-1)43-46-44(28-15-5-2-6-16-28)48-45(47-43)32-23-24-36(42-41(32)31-19-9-12-22-39(31)51-42)49-35-20-10-7-17-29(35)33-25-34-30-18-8-11-21-38(30)50-40(34)26-37(33)49/h1-26H. The second-order valence-electron chi connectivity index (χ2n) is 12.8. The van der Waals surface area contributed by atoms with Crippen molar-refractivity contribution < 1.29 is 8.83 Å². The summed E-state index contributed by atoms with van der Waals surface area (Å²) in [6.07, 6.45) is 0. The summed E-state index contributed by atoms with van der Waals surface area (Å²) in [6, 6.07) is 53.7. The number of furan rings is 2. The third-order valence-electron chi connectivity index (χ3n) is 9.86. The van der Waals surface area contributed by atoms with Crippen molar-refractivity contribution in [2.75, 3.05) is 0 Å². The van der Waals surface area contributed by atoms with Crippen molar-refractivity contribution >= 4 is 65.7 Å². The van der Waals surface area contributed by atoms with Gasteiger partial charge in [-0.1, -0.05) is 115 Å². The Kier molecular flexibility index (Phi) is 5.86. The minimum atomic E-state index is 0.581. The van der Waals surface area contributed by atoms with E-state index < -0.39 is 0 Å². The maximum Gasteiger partial charge on any atom is 0.164 e. The van der Waals surface area contributed by atoms with E-state index in [0.29, 0.717) is 17.5 Å². The minimum Gasteiger partial charge on any atom is -0.456 e. The molecule has 11 rings (SSSR count). The van der Waals surface area contributed by atoms with E-state index in [2.05, 4.69) is 71.3 Å². The van der Waals surface area contributed by atoms with Gasteiger partial charge in [-0.15, -0.1) is 0 Å². The van der Waals surface area contributed by atoms with Crippen molar-refractivity contribution in [2.24, 2.45) is 0 Å². The summed E-state index contributed by atoms with van der Waals surface area (Å²) in [7, 11) is 0. The van der Waals surface area contributed by atoms with E-state index in [-0.39, 0.29) is 0 Å². The fraction of sp³-hybridized carbons (Fsp3) is 0. The molecule has 4 aromatic heterocycles. The number of aromatic nitrogens is 4. The quantitative estimate of drug-likeness (QED) is 0.189. The lowest BCUT2D eigenvalue weighted by atomic mass is 10.0. The summed E-state index contributed by atoms with van der Waals surface area (Å²) in [5.74, 6) is 1.81. The van der Waals surface area contributed by atoms with E-state index in [1.807, 2.05) is 91.0 Å². The summed E-state index contributed by atoms with van der Waals surface area (Å²) >= 11 is 0. The maximum atomic E-state index is 6.82. The third-order valence-corrected chi connectivity index (χ3v) is 9.86. The summed E-state index contributed by atoms with van der Waals surface area (Å²) in [6.45, 7) is 0. The molecule has 0 aliphatic heterocycles. The molecule has 4 heterocycles. The van der Waals surface area contributed by atoms with Crippen molar-refractivity contribution in [1.29, 1.82) is 0 Å². The Morgan fingerprint density at radius 2 is 0.980 bits per heavy atom. The number of rotatable bonds is 4. The predicted molar refractivity (Wildman–Crippen MR) is 205 cm³/mol. The smallest absolute Gasteiger partial charge is 0.164 e. The van der Waals surface area contributed by atoms with Gasteiger partial charge in [0.25, 0.3) is 0 Å². The molecule has 7 aromatic carbocycles. The Balaban J connectivity index is 1.22. The van der Waals surface area contributed by atoms with Gasteiger partial charge in [-0.05, 0) is 36.4 Å². The summed E-state index contributed by atoms with van der Waals surface area (Å²) in [5.41, 5.74) is 9.02. The molecule has 0 bridgehead atoms. The SMILES string of the molecule is c1ccc(-c2nc(-c3ccccc3)nc(-c3ccc(-n4c5ccccc5c5cc6c(cc54)oc4ccccc46)c4oc5ccccc5c34)n2)cc1. The molecule has 0 unspecified atom stereocenters. The normalized spacial score (nSPS) is 11.9. The minimum absolute atomic E-state index is 0.581. The Morgan fingerprint density at radius 1 is 0.392 bits per heavy atom. The van der Waals surface area contributed by atoms with Crippen LogP contribution in [0.1, 0.15) is 0 Å². The van der Waals surface area contributed by atoms with E-state index in [4.69, 9.17) is 23.8 Å². The average Bonchev–Trinajstić information content (AvgIpc) is 3.87. The van der Waals surface area contributed by atoms with E-state index >= 15 is 0 Å². The van der Waals surface area contributed by atoms with Crippen LogP contribution in [0.5, 0.6) is 0 Å². The zero-order valence-corrected chi connectivity index (χ0v) is 27.1. The topological polar surface area (TPSA) is 69.9 Å². The molecule has 51 heavy (non-hydrogen) atoms. The molecule has 11 aromatic rings. The first-order chi connectivity index (χ1) is 25.3. The van der Waals surface area contributed by atoms with Gasteiger partial charge < -0.3 is 13.4 Å². The molecular formula is C45H26N4O2. The van der Waals surface area contributed by atoms with Gasteiger partial charge in [0.15, 0.2) is 23.1 Å². The molecule has 238 valence electrons. The average molecular weight is 655 g/mol. The molecule has 0 saturated carbocycles. The first kappa shape index (κ1) is 27.9. The molecule has 0 radical (unpaired) electrons. The van der Waals surface area contributed by atoms with E-state index in [0.717, 1.165) is 88.1 Å². The van der Waals surface area contributed by atoms with Crippen LogP contribution in [0.15, 0.2) is 167 Å². The highest BCUT2D eigenvalue weighted by molar-refractivity contribution is 6.19. The van der Waals surface area contributed by atoms with E-state index in [1.54, 1.807) is 0 Å². The number of benzene rings is 7. The molecule has 0 saturated heterocycles. The summed E-state index contributed by atoms with van der Waals surface area (Å²) in [5, 5.41) is 6.46. The van der Waals surface area contributed by atoms with Crippen LogP contribution in [0.25, 0.3) is 106 Å². The van der Waals surface area contributed by atoms with Crippen molar-refractivity contribution in [3.63, 3.8) is 0 Å². The number of para-hydroxylation sites is 3. The van der Waals surface area contributed by atoms with Crippen LogP contribution in [0.3, 0.4) is 0 Å². The molecular weight excluding hydrogens is 629 g/mol.